The lowest BCUT2D eigenvalue weighted by atomic mass is 10.2. The highest BCUT2D eigenvalue weighted by molar-refractivity contribution is 7.89. The molecule has 0 radical (unpaired) electrons. The van der Waals surface area contributed by atoms with Crippen molar-refractivity contribution in [2.75, 3.05) is 24.2 Å². The van der Waals surface area contributed by atoms with Crippen molar-refractivity contribution in [2.24, 2.45) is 0 Å². The van der Waals surface area contributed by atoms with E-state index in [1.54, 1.807) is 13.8 Å². The number of nitrogens with zero attached hydrogens (tertiary/aromatic N) is 1. The van der Waals surface area contributed by atoms with E-state index < -0.39 is 14.9 Å². The molecule has 0 fully saturated rings. The molecule has 0 bridgehead atoms. The van der Waals surface area contributed by atoms with Gasteiger partial charge in [-0.2, -0.15) is 0 Å². The van der Waals surface area contributed by atoms with E-state index in [0.717, 1.165) is 0 Å². The van der Waals surface area contributed by atoms with Crippen LogP contribution in [0.25, 0.3) is 0 Å². The van der Waals surface area contributed by atoms with Crippen LogP contribution in [-0.4, -0.2) is 32.2 Å². The van der Waals surface area contributed by atoms with Crippen LogP contribution >= 0.6 is 11.6 Å². The molecule has 1 aromatic carbocycles. The maximum atomic E-state index is 11.2. The van der Waals surface area contributed by atoms with Gasteiger partial charge in [0.2, 0.25) is 10.0 Å². The Morgan fingerprint density at radius 3 is 2.50 bits per heavy atom. The molecule has 1 rings (SSSR count). The largest absolute Gasteiger partial charge is 0.382 e. The summed E-state index contributed by atoms with van der Waals surface area (Å²) < 4.78 is 24.9. The quantitative estimate of drug-likeness (QED) is 0.454. The topological polar surface area (TPSA) is 101 Å². The number of sulfonamides is 1. The number of non-ortho nitro benzene ring substituents is 1. The van der Waals surface area contributed by atoms with Gasteiger partial charge in [0.05, 0.1) is 21.4 Å². The molecule has 0 saturated heterocycles. The molecule has 20 heavy (non-hydrogen) atoms. The first-order chi connectivity index (χ1) is 9.26. The zero-order valence-electron chi connectivity index (χ0n) is 11.1. The Kier molecular flexibility index (Phi) is 5.73. The van der Waals surface area contributed by atoms with Gasteiger partial charge in [0.1, 0.15) is 0 Å². The van der Waals surface area contributed by atoms with Crippen molar-refractivity contribution in [1.82, 2.24) is 4.72 Å². The van der Waals surface area contributed by atoms with E-state index in [1.807, 2.05) is 0 Å². The van der Waals surface area contributed by atoms with Crippen LogP contribution in [0, 0.1) is 17.0 Å². The van der Waals surface area contributed by atoms with Gasteiger partial charge >= 0.3 is 0 Å². The van der Waals surface area contributed by atoms with Crippen LogP contribution in [0.15, 0.2) is 12.1 Å². The Bertz CT molecular complexity index is 581. The van der Waals surface area contributed by atoms with Gasteiger partial charge in [-0.15, -0.1) is 0 Å². The third-order valence-electron chi connectivity index (χ3n) is 2.61. The molecule has 0 unspecified atom stereocenters. The number of nitro groups is 1. The summed E-state index contributed by atoms with van der Waals surface area (Å²) >= 11 is 5.97. The zero-order valence-corrected chi connectivity index (χ0v) is 12.7. The highest BCUT2D eigenvalue weighted by Gasteiger charge is 2.13. The molecular weight excluding hydrogens is 306 g/mol. The van der Waals surface area contributed by atoms with Crippen molar-refractivity contribution in [3.8, 4) is 0 Å². The van der Waals surface area contributed by atoms with Crippen molar-refractivity contribution >= 4 is 33.0 Å². The first-order valence-electron chi connectivity index (χ1n) is 5.92. The minimum atomic E-state index is -3.22. The molecule has 7 nitrogen and oxygen atoms in total. The molecule has 0 saturated carbocycles. The molecule has 0 amide bonds. The van der Waals surface area contributed by atoms with E-state index in [9.17, 15) is 18.5 Å². The first-order valence-corrected chi connectivity index (χ1v) is 7.95. The maximum Gasteiger partial charge on any atom is 0.271 e. The number of anilines is 1. The maximum absolute atomic E-state index is 11.2. The lowest BCUT2D eigenvalue weighted by Crippen LogP contribution is -2.30. The Labute approximate surface area is 122 Å². The molecule has 0 spiro atoms. The van der Waals surface area contributed by atoms with Crippen molar-refractivity contribution in [3.63, 3.8) is 0 Å². The van der Waals surface area contributed by atoms with Crippen LogP contribution in [0.4, 0.5) is 11.4 Å². The monoisotopic (exact) mass is 321 g/mol. The van der Waals surface area contributed by atoms with Crippen LogP contribution < -0.4 is 10.0 Å². The second kappa shape index (κ2) is 6.87. The SMILES string of the molecule is CCS(=O)(=O)NCCNc1c(C)cc([N+](=O)[O-])cc1Cl. The third-order valence-corrected chi connectivity index (χ3v) is 4.31. The lowest BCUT2D eigenvalue weighted by molar-refractivity contribution is -0.384. The fraction of sp³-hybridized carbons (Fsp3) is 0.455. The fourth-order valence-electron chi connectivity index (χ4n) is 1.55. The minimum Gasteiger partial charge on any atom is -0.382 e. The minimum absolute atomic E-state index is 0.0182. The summed E-state index contributed by atoms with van der Waals surface area (Å²) in [6.45, 7) is 3.78. The molecule has 112 valence electrons. The molecule has 0 aliphatic carbocycles. The Morgan fingerprint density at radius 1 is 1.35 bits per heavy atom. The standard InChI is InChI=1S/C11H16ClN3O4S/c1-3-20(18,19)14-5-4-13-11-8(2)6-9(15(16)17)7-10(11)12/h6-7,13-14H,3-5H2,1-2H3. The van der Waals surface area contributed by atoms with Gasteiger partial charge in [-0.25, -0.2) is 13.1 Å². The van der Waals surface area contributed by atoms with Crippen LogP contribution in [-0.2, 0) is 10.0 Å². The van der Waals surface area contributed by atoms with Crippen LogP contribution in [0.5, 0.6) is 0 Å². The van der Waals surface area contributed by atoms with Gasteiger partial charge in [0.25, 0.3) is 5.69 Å². The van der Waals surface area contributed by atoms with Crippen LogP contribution in [0.3, 0.4) is 0 Å². The summed E-state index contributed by atoms with van der Waals surface area (Å²) in [5.41, 5.74) is 1.11. The normalized spacial score (nSPS) is 11.3. The first kappa shape index (κ1) is 16.7. The number of aryl methyl sites for hydroxylation is 1. The molecule has 0 heterocycles. The third kappa shape index (κ3) is 4.62. The van der Waals surface area contributed by atoms with Crippen molar-refractivity contribution in [3.05, 3.63) is 32.8 Å². The summed E-state index contributed by atoms with van der Waals surface area (Å²) in [7, 11) is -3.22. The Morgan fingerprint density at radius 2 is 2.00 bits per heavy atom. The Balaban J connectivity index is 2.68. The number of nitro benzene ring substituents is 1. The van der Waals surface area contributed by atoms with E-state index in [-0.39, 0.29) is 23.0 Å². The molecule has 0 atom stereocenters. The smallest absolute Gasteiger partial charge is 0.271 e. The average molecular weight is 322 g/mol. The molecule has 9 heteroatoms. The van der Waals surface area contributed by atoms with Gasteiger partial charge in [-0.05, 0) is 19.4 Å². The molecule has 0 aromatic heterocycles. The lowest BCUT2D eigenvalue weighted by Gasteiger charge is -2.12. The van der Waals surface area contributed by atoms with Crippen LogP contribution in [0.2, 0.25) is 5.02 Å². The summed E-state index contributed by atoms with van der Waals surface area (Å²) in [5.74, 6) is 0.0182. The second-order valence-corrected chi connectivity index (χ2v) is 6.60. The average Bonchev–Trinajstić information content (AvgIpc) is 2.36. The highest BCUT2D eigenvalue weighted by Crippen LogP contribution is 2.30. The number of halogens is 1. The van der Waals surface area contributed by atoms with E-state index in [2.05, 4.69) is 10.0 Å². The van der Waals surface area contributed by atoms with Gasteiger partial charge in [0.15, 0.2) is 0 Å². The number of benzene rings is 1. The summed E-state index contributed by atoms with van der Waals surface area (Å²) in [4.78, 5) is 10.2. The fourth-order valence-corrected chi connectivity index (χ4v) is 2.50. The highest BCUT2D eigenvalue weighted by atomic mass is 35.5. The van der Waals surface area contributed by atoms with Gasteiger partial charge < -0.3 is 5.32 Å². The number of nitrogens with one attached hydrogen (secondary N) is 2. The number of rotatable bonds is 7. The predicted molar refractivity (Wildman–Crippen MR) is 78.8 cm³/mol. The van der Waals surface area contributed by atoms with E-state index in [4.69, 9.17) is 11.6 Å². The van der Waals surface area contributed by atoms with Gasteiger partial charge in [0, 0.05) is 25.2 Å². The number of hydrogen-bond donors (Lipinski definition) is 2. The molecule has 1 aromatic rings. The zero-order chi connectivity index (χ0) is 15.3. The van der Waals surface area contributed by atoms with E-state index in [1.165, 1.54) is 12.1 Å². The van der Waals surface area contributed by atoms with Crippen molar-refractivity contribution in [2.45, 2.75) is 13.8 Å². The van der Waals surface area contributed by atoms with Crippen molar-refractivity contribution in [1.29, 1.82) is 0 Å². The van der Waals surface area contributed by atoms with Crippen LogP contribution in [0.1, 0.15) is 12.5 Å². The predicted octanol–water partition coefficient (Wildman–Crippen LogP) is 1.91. The van der Waals surface area contributed by atoms with Crippen molar-refractivity contribution < 1.29 is 13.3 Å². The van der Waals surface area contributed by atoms with Gasteiger partial charge in [-0.1, -0.05) is 11.6 Å². The molecule has 0 aliphatic heterocycles. The number of hydrogen-bond acceptors (Lipinski definition) is 5. The Hall–Kier alpha value is -1.38. The summed E-state index contributed by atoms with van der Waals surface area (Å²) in [6.07, 6.45) is 0. The molecule has 2 N–H and O–H groups in total. The van der Waals surface area contributed by atoms with Gasteiger partial charge in [-0.3, -0.25) is 10.1 Å². The second-order valence-electron chi connectivity index (χ2n) is 4.10. The molecule has 0 aliphatic rings. The summed E-state index contributed by atoms with van der Waals surface area (Å²) in [5, 5.41) is 13.9. The summed E-state index contributed by atoms with van der Waals surface area (Å²) in [6, 6.07) is 2.66. The van der Waals surface area contributed by atoms with E-state index >= 15 is 0 Å². The molecular formula is C11H16ClN3O4S. The van der Waals surface area contributed by atoms with E-state index in [0.29, 0.717) is 17.8 Å².